The molecule has 3 rings (SSSR count). The summed E-state index contributed by atoms with van der Waals surface area (Å²) in [6.07, 6.45) is 6.23. The van der Waals surface area contributed by atoms with Crippen LogP contribution in [0.3, 0.4) is 0 Å². The van der Waals surface area contributed by atoms with Crippen LogP contribution in [0.15, 0.2) is 18.3 Å². The van der Waals surface area contributed by atoms with E-state index in [1.807, 2.05) is 31.4 Å². The van der Waals surface area contributed by atoms with Crippen LogP contribution in [0.2, 0.25) is 0 Å². The molecule has 0 bridgehead atoms. The van der Waals surface area contributed by atoms with Crippen LogP contribution in [-0.2, 0) is 11.2 Å². The van der Waals surface area contributed by atoms with Crippen molar-refractivity contribution in [3.05, 3.63) is 24.0 Å². The summed E-state index contributed by atoms with van der Waals surface area (Å²) in [5, 5.41) is 10.9. The lowest BCUT2D eigenvalue weighted by Gasteiger charge is -2.22. The van der Waals surface area contributed by atoms with Crippen molar-refractivity contribution in [2.75, 3.05) is 5.32 Å². The van der Waals surface area contributed by atoms with E-state index in [4.69, 9.17) is 4.74 Å². The molecule has 0 radical (unpaired) electrons. The molecule has 1 aliphatic rings. The maximum Gasteiger partial charge on any atom is 0.407 e. The normalized spacial score (nSPS) is 20.3. The number of carbonyl (C=O) groups is 1. The molecule has 2 aromatic rings. The summed E-state index contributed by atoms with van der Waals surface area (Å²) < 4.78 is 7.19. The molecule has 0 spiro atoms. The Hall–Kier alpha value is -2.31. The van der Waals surface area contributed by atoms with E-state index >= 15 is 0 Å². The molecule has 2 N–H and O–H groups in total. The fraction of sp³-hybridized carbons (Fsp3) is 0.632. The van der Waals surface area contributed by atoms with Gasteiger partial charge in [-0.1, -0.05) is 13.3 Å². The fourth-order valence-corrected chi connectivity index (χ4v) is 3.38. The molecule has 7 nitrogen and oxygen atoms in total. The quantitative estimate of drug-likeness (QED) is 0.853. The highest BCUT2D eigenvalue weighted by molar-refractivity contribution is 5.68. The summed E-state index contributed by atoms with van der Waals surface area (Å²) in [5.41, 5.74) is 1.46. The Bertz CT molecular complexity index is 765. The van der Waals surface area contributed by atoms with E-state index in [1.54, 1.807) is 6.20 Å². The standard InChI is InChI=1S/C19H29N5O2/c1-5-6-13-12-17(24-16(21-13)9-10-20-24)22-14-7-8-15(11-14)23-18(25)26-19(2,3)4/h9-10,12,14-15,22H,5-8,11H2,1-4H3,(H,23,25)/t14-,15-/m1/s1. The second-order valence-electron chi connectivity index (χ2n) is 7.98. The van der Waals surface area contributed by atoms with Crippen LogP contribution in [-0.4, -0.2) is 38.4 Å². The number of hydrogen-bond donors (Lipinski definition) is 2. The number of ether oxygens (including phenoxy) is 1. The Labute approximate surface area is 154 Å². The third-order valence-corrected chi connectivity index (χ3v) is 4.42. The number of aromatic nitrogens is 3. The highest BCUT2D eigenvalue weighted by Gasteiger charge is 2.28. The number of amides is 1. The molecule has 7 heteroatoms. The minimum absolute atomic E-state index is 0.132. The Morgan fingerprint density at radius 3 is 2.85 bits per heavy atom. The van der Waals surface area contributed by atoms with Gasteiger partial charge in [0, 0.05) is 29.9 Å². The number of aryl methyl sites for hydroxylation is 1. The Balaban J connectivity index is 1.63. The minimum atomic E-state index is -0.473. The molecule has 26 heavy (non-hydrogen) atoms. The molecular weight excluding hydrogens is 330 g/mol. The van der Waals surface area contributed by atoms with Crippen molar-refractivity contribution < 1.29 is 9.53 Å². The molecule has 0 unspecified atom stereocenters. The summed E-state index contributed by atoms with van der Waals surface area (Å²) in [4.78, 5) is 16.6. The number of nitrogens with one attached hydrogen (secondary N) is 2. The molecule has 1 fully saturated rings. The average Bonchev–Trinajstić information content (AvgIpc) is 3.15. The number of nitrogens with zero attached hydrogens (tertiary/aromatic N) is 3. The van der Waals surface area contributed by atoms with Crippen LogP contribution < -0.4 is 10.6 Å². The van der Waals surface area contributed by atoms with Gasteiger partial charge in [0.25, 0.3) is 0 Å². The molecule has 142 valence electrons. The number of fused-ring (bicyclic) bond motifs is 1. The number of alkyl carbamates (subject to hydrolysis) is 1. The van der Waals surface area contributed by atoms with Crippen molar-refractivity contribution in [2.45, 2.75) is 77.5 Å². The van der Waals surface area contributed by atoms with E-state index in [-0.39, 0.29) is 12.1 Å². The summed E-state index contributed by atoms with van der Waals surface area (Å²) in [6, 6.07) is 4.43. The first-order valence-corrected chi connectivity index (χ1v) is 9.44. The number of hydrogen-bond acceptors (Lipinski definition) is 5. The van der Waals surface area contributed by atoms with Gasteiger partial charge in [-0.3, -0.25) is 0 Å². The number of carbonyl (C=O) groups excluding carboxylic acids is 1. The zero-order valence-electron chi connectivity index (χ0n) is 16.1. The van der Waals surface area contributed by atoms with E-state index in [9.17, 15) is 4.79 Å². The third-order valence-electron chi connectivity index (χ3n) is 4.42. The van der Waals surface area contributed by atoms with Gasteiger partial charge in [-0.2, -0.15) is 9.61 Å². The van der Waals surface area contributed by atoms with Crippen LogP contribution >= 0.6 is 0 Å². The highest BCUT2D eigenvalue weighted by Crippen LogP contribution is 2.24. The zero-order chi connectivity index (χ0) is 18.7. The topological polar surface area (TPSA) is 80.5 Å². The first kappa shape index (κ1) is 18.5. The van der Waals surface area contributed by atoms with E-state index in [0.29, 0.717) is 6.04 Å². The van der Waals surface area contributed by atoms with E-state index in [1.165, 1.54) is 0 Å². The van der Waals surface area contributed by atoms with Crippen LogP contribution in [0.4, 0.5) is 10.6 Å². The van der Waals surface area contributed by atoms with Gasteiger partial charge in [0.2, 0.25) is 0 Å². The summed E-state index contributed by atoms with van der Waals surface area (Å²) in [6.45, 7) is 7.77. The Morgan fingerprint density at radius 2 is 2.12 bits per heavy atom. The summed E-state index contributed by atoms with van der Waals surface area (Å²) >= 11 is 0. The van der Waals surface area contributed by atoms with E-state index < -0.39 is 5.60 Å². The summed E-state index contributed by atoms with van der Waals surface area (Å²) in [5.74, 6) is 0.964. The average molecular weight is 359 g/mol. The number of rotatable bonds is 5. The Morgan fingerprint density at radius 1 is 1.35 bits per heavy atom. The van der Waals surface area contributed by atoms with Crippen molar-refractivity contribution in [1.29, 1.82) is 0 Å². The van der Waals surface area contributed by atoms with Crippen LogP contribution in [0.25, 0.3) is 5.65 Å². The smallest absolute Gasteiger partial charge is 0.407 e. The second kappa shape index (κ2) is 7.51. The zero-order valence-corrected chi connectivity index (χ0v) is 16.1. The van der Waals surface area contributed by atoms with E-state index in [2.05, 4.69) is 33.7 Å². The highest BCUT2D eigenvalue weighted by atomic mass is 16.6. The van der Waals surface area contributed by atoms with Crippen LogP contribution in [0.5, 0.6) is 0 Å². The van der Waals surface area contributed by atoms with Crippen LogP contribution in [0.1, 0.15) is 59.1 Å². The molecule has 2 heterocycles. The lowest BCUT2D eigenvalue weighted by atomic mass is 10.2. The van der Waals surface area contributed by atoms with Crippen molar-refractivity contribution in [1.82, 2.24) is 19.9 Å². The first-order valence-electron chi connectivity index (χ1n) is 9.44. The SMILES string of the molecule is CCCc1cc(N[C@@H]2CC[C@@H](NC(=O)OC(C)(C)C)C2)n2nccc2n1. The molecule has 0 saturated heterocycles. The molecule has 1 saturated carbocycles. The Kier molecular flexibility index (Phi) is 5.34. The van der Waals surface area contributed by atoms with Gasteiger partial charge < -0.3 is 15.4 Å². The predicted molar refractivity (Wildman–Crippen MR) is 101 cm³/mol. The second-order valence-corrected chi connectivity index (χ2v) is 7.98. The van der Waals surface area contributed by atoms with Crippen molar-refractivity contribution in [3.63, 3.8) is 0 Å². The van der Waals surface area contributed by atoms with Crippen molar-refractivity contribution in [2.24, 2.45) is 0 Å². The molecule has 1 aliphatic carbocycles. The lowest BCUT2D eigenvalue weighted by Crippen LogP contribution is -2.38. The maximum absolute atomic E-state index is 12.0. The molecule has 2 aromatic heterocycles. The van der Waals surface area contributed by atoms with E-state index in [0.717, 1.165) is 49.3 Å². The van der Waals surface area contributed by atoms with Crippen molar-refractivity contribution in [3.8, 4) is 0 Å². The monoisotopic (exact) mass is 359 g/mol. The van der Waals surface area contributed by atoms with Gasteiger partial charge in [-0.25, -0.2) is 9.78 Å². The minimum Gasteiger partial charge on any atom is -0.444 e. The van der Waals surface area contributed by atoms with Crippen molar-refractivity contribution >= 4 is 17.6 Å². The molecular formula is C19H29N5O2. The predicted octanol–water partition coefficient (Wildman–Crippen LogP) is 3.54. The molecule has 2 atom stereocenters. The number of anilines is 1. The van der Waals surface area contributed by atoms with Gasteiger partial charge in [-0.05, 0) is 46.5 Å². The molecule has 1 amide bonds. The maximum atomic E-state index is 12.0. The molecule has 0 aliphatic heterocycles. The van der Waals surface area contributed by atoms with Gasteiger partial charge in [-0.15, -0.1) is 0 Å². The van der Waals surface area contributed by atoms with Gasteiger partial charge >= 0.3 is 6.09 Å². The van der Waals surface area contributed by atoms with Gasteiger partial charge in [0.05, 0.1) is 6.20 Å². The summed E-state index contributed by atoms with van der Waals surface area (Å²) in [7, 11) is 0. The lowest BCUT2D eigenvalue weighted by molar-refractivity contribution is 0.0505. The third kappa shape index (κ3) is 4.65. The molecule has 0 aromatic carbocycles. The largest absolute Gasteiger partial charge is 0.444 e. The van der Waals surface area contributed by atoms with Gasteiger partial charge in [0.15, 0.2) is 5.65 Å². The van der Waals surface area contributed by atoms with Crippen LogP contribution in [0, 0.1) is 0 Å². The van der Waals surface area contributed by atoms with Gasteiger partial charge in [0.1, 0.15) is 11.4 Å². The first-order chi connectivity index (χ1) is 12.3. The fourth-order valence-electron chi connectivity index (χ4n) is 3.38.